The molecule has 2 unspecified atom stereocenters. The Morgan fingerprint density at radius 1 is 1.04 bits per heavy atom. The molecule has 2 atom stereocenters. The minimum absolute atomic E-state index is 0.0416. The van der Waals surface area contributed by atoms with Gasteiger partial charge < -0.3 is 10.2 Å². The Balaban J connectivity index is 1.73. The first kappa shape index (κ1) is 19.8. The fourth-order valence-electron chi connectivity index (χ4n) is 2.67. The summed E-state index contributed by atoms with van der Waals surface area (Å²) in [5.41, 5.74) is -1.73. The molecular weight excluding hydrogens is 378 g/mol. The van der Waals surface area contributed by atoms with Gasteiger partial charge in [-0.1, -0.05) is 60.7 Å². The second kappa shape index (κ2) is 7.93. The normalized spacial score (nSPS) is 22.2. The number of nitrogens with one attached hydrogen (secondary N) is 1. The highest BCUT2D eigenvalue weighted by Gasteiger charge is 2.37. The summed E-state index contributed by atoms with van der Waals surface area (Å²) in [6.45, 7) is 0. The van der Waals surface area contributed by atoms with Gasteiger partial charge in [0.1, 0.15) is 5.76 Å². The van der Waals surface area contributed by atoms with E-state index in [9.17, 15) is 23.4 Å². The quantitative estimate of drug-likeness (QED) is 0.301. The van der Waals surface area contributed by atoms with Gasteiger partial charge in [-0.15, -0.1) is 0 Å². The Labute approximate surface area is 163 Å². The summed E-state index contributed by atoms with van der Waals surface area (Å²) >= 11 is 0. The van der Waals surface area contributed by atoms with Crippen molar-refractivity contribution in [1.29, 1.82) is 0 Å². The minimum atomic E-state index is -4.05. The first-order valence-corrected chi connectivity index (χ1v) is 9.98. The van der Waals surface area contributed by atoms with Gasteiger partial charge in [0.15, 0.2) is 5.78 Å². The van der Waals surface area contributed by atoms with Crippen molar-refractivity contribution in [3.8, 4) is 0 Å². The van der Waals surface area contributed by atoms with Gasteiger partial charge in [0, 0.05) is 11.5 Å². The zero-order valence-corrected chi connectivity index (χ0v) is 15.6. The molecule has 0 saturated heterocycles. The lowest BCUT2D eigenvalue weighted by molar-refractivity contribution is 0.0667. The van der Waals surface area contributed by atoms with Crippen molar-refractivity contribution >= 4 is 15.8 Å². The number of allylic oxidation sites excluding steroid dienone is 4. The summed E-state index contributed by atoms with van der Waals surface area (Å²) in [6.07, 6.45) is 6.81. The summed E-state index contributed by atoms with van der Waals surface area (Å²) in [5, 5.41) is 20.7. The van der Waals surface area contributed by atoms with E-state index in [0.29, 0.717) is 5.56 Å². The van der Waals surface area contributed by atoms with Crippen LogP contribution in [-0.2, 0) is 10.0 Å². The van der Waals surface area contributed by atoms with Crippen LogP contribution < -0.4 is 4.72 Å². The third kappa shape index (κ3) is 4.45. The first-order chi connectivity index (χ1) is 13.3. The minimum Gasteiger partial charge on any atom is -0.508 e. The number of hydrogen-bond acceptors (Lipinski definition) is 5. The zero-order chi connectivity index (χ0) is 20.2. The molecule has 1 aliphatic rings. The lowest BCUT2D eigenvalue weighted by atomic mass is 9.96. The molecule has 0 amide bonds. The average Bonchev–Trinajstić information content (AvgIpc) is 2.70. The molecule has 0 aromatic heterocycles. The standard InChI is InChI=1S/C21H19NO5S/c23-19(17-7-3-1-4-8-17)12-11-16-13-14-21(25,20(24)15-16)22-28(26,27)18-9-5-2-6-10-18/h1-16,22,24-25H/b12-11+. The van der Waals surface area contributed by atoms with Crippen LogP contribution in [0.5, 0.6) is 0 Å². The number of aliphatic hydroxyl groups is 2. The van der Waals surface area contributed by atoms with E-state index in [1.165, 1.54) is 30.4 Å². The van der Waals surface area contributed by atoms with E-state index in [0.717, 1.165) is 6.08 Å². The predicted molar refractivity (Wildman–Crippen MR) is 105 cm³/mol. The Bertz CT molecular complexity index is 1040. The molecule has 0 heterocycles. The van der Waals surface area contributed by atoms with Crippen molar-refractivity contribution in [2.45, 2.75) is 10.6 Å². The molecule has 3 N–H and O–H groups in total. The average molecular weight is 397 g/mol. The number of rotatable bonds is 6. The molecule has 2 aromatic rings. The van der Waals surface area contributed by atoms with Crippen molar-refractivity contribution in [3.05, 3.63) is 102 Å². The van der Waals surface area contributed by atoms with E-state index in [2.05, 4.69) is 4.72 Å². The maximum atomic E-state index is 12.4. The number of ketones is 1. The van der Waals surface area contributed by atoms with E-state index in [4.69, 9.17) is 0 Å². The van der Waals surface area contributed by atoms with E-state index < -0.39 is 27.4 Å². The van der Waals surface area contributed by atoms with Gasteiger partial charge in [-0.3, -0.25) is 4.79 Å². The largest absolute Gasteiger partial charge is 0.508 e. The maximum Gasteiger partial charge on any atom is 0.243 e. The predicted octanol–water partition coefficient (Wildman–Crippen LogP) is 2.72. The van der Waals surface area contributed by atoms with Crippen LogP contribution in [0.4, 0.5) is 0 Å². The van der Waals surface area contributed by atoms with Gasteiger partial charge in [0.25, 0.3) is 0 Å². The van der Waals surface area contributed by atoms with E-state index in [1.54, 1.807) is 48.5 Å². The molecule has 0 bridgehead atoms. The van der Waals surface area contributed by atoms with Gasteiger partial charge in [-0.25, -0.2) is 8.42 Å². The molecular formula is C21H19NO5S. The van der Waals surface area contributed by atoms with Crippen LogP contribution in [0, 0.1) is 5.92 Å². The Hall–Kier alpha value is -3.00. The molecule has 3 rings (SSSR count). The van der Waals surface area contributed by atoms with Crippen molar-refractivity contribution in [2.75, 3.05) is 0 Å². The number of benzene rings is 2. The molecule has 144 valence electrons. The van der Waals surface area contributed by atoms with Crippen LogP contribution in [0.2, 0.25) is 0 Å². The second-order valence-corrected chi connectivity index (χ2v) is 7.95. The Morgan fingerprint density at radius 2 is 1.64 bits per heavy atom. The first-order valence-electron chi connectivity index (χ1n) is 8.50. The van der Waals surface area contributed by atoms with Crippen molar-refractivity contribution in [3.63, 3.8) is 0 Å². The molecule has 7 heteroatoms. The van der Waals surface area contributed by atoms with Gasteiger partial charge >= 0.3 is 0 Å². The molecule has 2 aromatic carbocycles. The molecule has 28 heavy (non-hydrogen) atoms. The lowest BCUT2D eigenvalue weighted by Crippen LogP contribution is -2.49. The van der Waals surface area contributed by atoms with E-state index >= 15 is 0 Å². The van der Waals surface area contributed by atoms with Crippen molar-refractivity contribution in [1.82, 2.24) is 4.72 Å². The third-order valence-electron chi connectivity index (χ3n) is 4.17. The van der Waals surface area contributed by atoms with Crippen LogP contribution in [0.15, 0.2) is 102 Å². The summed E-state index contributed by atoms with van der Waals surface area (Å²) in [5.74, 6) is -1.25. The fraction of sp³-hybridized carbons (Fsp3) is 0.0952. The molecule has 0 fully saturated rings. The molecule has 6 nitrogen and oxygen atoms in total. The summed E-state index contributed by atoms with van der Waals surface area (Å²) < 4.78 is 26.9. The topological polar surface area (TPSA) is 104 Å². The lowest BCUT2D eigenvalue weighted by Gasteiger charge is -2.28. The molecule has 0 radical (unpaired) electrons. The van der Waals surface area contributed by atoms with Gasteiger partial charge in [-0.2, -0.15) is 4.72 Å². The zero-order valence-electron chi connectivity index (χ0n) is 14.8. The molecule has 0 aliphatic heterocycles. The number of aliphatic hydroxyl groups excluding tert-OH is 1. The highest BCUT2D eigenvalue weighted by atomic mass is 32.2. The van der Waals surface area contributed by atoms with Gasteiger partial charge in [0.05, 0.1) is 4.90 Å². The highest BCUT2D eigenvalue weighted by Crippen LogP contribution is 2.25. The van der Waals surface area contributed by atoms with Crippen LogP contribution in [0.25, 0.3) is 0 Å². The monoisotopic (exact) mass is 397 g/mol. The van der Waals surface area contributed by atoms with Crippen LogP contribution in [0.3, 0.4) is 0 Å². The highest BCUT2D eigenvalue weighted by molar-refractivity contribution is 7.89. The summed E-state index contributed by atoms with van der Waals surface area (Å²) in [6, 6.07) is 16.2. The molecule has 1 aliphatic carbocycles. The van der Waals surface area contributed by atoms with Crippen LogP contribution in [-0.4, -0.2) is 30.1 Å². The van der Waals surface area contributed by atoms with Gasteiger partial charge in [0.2, 0.25) is 15.7 Å². The smallest absolute Gasteiger partial charge is 0.243 e. The number of carbonyl (C=O) groups is 1. The SMILES string of the molecule is O=C(/C=C/C1C=CC(O)(NS(=O)(=O)c2ccccc2)C(O)=C1)c1ccccc1. The summed E-state index contributed by atoms with van der Waals surface area (Å²) in [4.78, 5) is 12.1. The van der Waals surface area contributed by atoms with E-state index in [1.807, 2.05) is 6.07 Å². The number of sulfonamides is 1. The van der Waals surface area contributed by atoms with Crippen molar-refractivity contribution < 1.29 is 23.4 Å². The Morgan fingerprint density at radius 3 is 2.25 bits per heavy atom. The van der Waals surface area contributed by atoms with Crippen LogP contribution >= 0.6 is 0 Å². The maximum absolute atomic E-state index is 12.4. The molecule has 0 spiro atoms. The van der Waals surface area contributed by atoms with Crippen LogP contribution in [0.1, 0.15) is 10.4 Å². The summed E-state index contributed by atoms with van der Waals surface area (Å²) in [7, 11) is -4.05. The van der Waals surface area contributed by atoms with E-state index in [-0.39, 0.29) is 10.7 Å². The number of hydrogen-bond donors (Lipinski definition) is 3. The van der Waals surface area contributed by atoms with Crippen molar-refractivity contribution in [2.24, 2.45) is 5.92 Å². The fourth-order valence-corrected chi connectivity index (χ4v) is 3.88. The number of carbonyl (C=O) groups excluding carboxylic acids is 1. The third-order valence-corrected chi connectivity index (χ3v) is 5.64. The van der Waals surface area contributed by atoms with Gasteiger partial charge in [-0.05, 0) is 30.4 Å². The Kier molecular flexibility index (Phi) is 5.60. The second-order valence-electron chi connectivity index (χ2n) is 6.26. The molecule has 0 saturated carbocycles.